The molecule has 1 N–H and O–H groups in total. The molecule has 0 bridgehead atoms. The van der Waals surface area contributed by atoms with Gasteiger partial charge in [0.2, 0.25) is 0 Å². The Morgan fingerprint density at radius 3 is 2.52 bits per heavy atom. The van der Waals surface area contributed by atoms with Crippen LogP contribution in [-0.4, -0.2) is 11.9 Å². The Morgan fingerprint density at radius 1 is 1.28 bits per heavy atom. The first-order valence-electron chi connectivity index (χ1n) is 7.82. The van der Waals surface area contributed by atoms with Crippen LogP contribution in [0.4, 0.5) is 5.69 Å². The zero-order chi connectivity index (χ0) is 18.0. The summed E-state index contributed by atoms with van der Waals surface area (Å²) < 4.78 is 5.67. The van der Waals surface area contributed by atoms with E-state index in [4.69, 9.17) is 4.42 Å². The predicted molar refractivity (Wildman–Crippen MR) is 88.2 cm³/mol. The number of carbonyl (C=O) groups is 2. The molecule has 2 atom stereocenters. The molecule has 3 rings (SSSR count). The lowest BCUT2D eigenvalue weighted by Gasteiger charge is -2.06. The first kappa shape index (κ1) is 16.5. The van der Waals surface area contributed by atoms with E-state index < -0.39 is 11.9 Å². The van der Waals surface area contributed by atoms with Crippen LogP contribution in [0.5, 0.6) is 0 Å². The van der Waals surface area contributed by atoms with Crippen LogP contribution in [0.1, 0.15) is 41.1 Å². The number of hydrogen-bond acceptors (Lipinski definition) is 5. The molecule has 126 valence electrons. The van der Waals surface area contributed by atoms with Crippen molar-refractivity contribution in [3.63, 3.8) is 0 Å². The number of rotatable bonds is 5. The van der Waals surface area contributed by atoms with Gasteiger partial charge in [-0.3, -0.25) is 4.79 Å². The third-order valence-corrected chi connectivity index (χ3v) is 4.15. The molecule has 0 saturated heterocycles. The molecule has 25 heavy (non-hydrogen) atoms. The molecule has 2 aromatic rings. The number of nitrogens with zero attached hydrogens (tertiary/aromatic N) is 1. The number of amides is 1. The van der Waals surface area contributed by atoms with Crippen LogP contribution in [0.15, 0.2) is 46.4 Å². The number of furan rings is 1. The van der Waals surface area contributed by atoms with Crippen LogP contribution >= 0.6 is 0 Å². The van der Waals surface area contributed by atoms with E-state index in [1.54, 1.807) is 6.07 Å². The van der Waals surface area contributed by atoms with E-state index in [0.29, 0.717) is 23.3 Å². The molecular weight excluding hydrogens is 320 g/mol. The molecule has 1 aromatic carbocycles. The second-order valence-electron chi connectivity index (χ2n) is 6.05. The van der Waals surface area contributed by atoms with Crippen LogP contribution in [0, 0.1) is 17.2 Å². The number of nitriles is 1. The first-order chi connectivity index (χ1) is 12.0. The molecule has 1 heterocycles. The zero-order valence-electron chi connectivity index (χ0n) is 13.5. The SMILES string of the molecule is C[C@@H]1C[C@H]1c1ccc(/C=C(\C#N)C(=O)Nc2ccc(C(=O)[O-])cc2)o1. The minimum atomic E-state index is -1.30. The van der Waals surface area contributed by atoms with E-state index in [1.165, 1.54) is 30.3 Å². The third-order valence-electron chi connectivity index (χ3n) is 4.15. The lowest BCUT2D eigenvalue weighted by Crippen LogP contribution is -2.22. The van der Waals surface area contributed by atoms with Gasteiger partial charge in [0, 0.05) is 17.7 Å². The minimum Gasteiger partial charge on any atom is -0.545 e. The van der Waals surface area contributed by atoms with Gasteiger partial charge >= 0.3 is 0 Å². The maximum atomic E-state index is 12.2. The molecule has 0 radical (unpaired) electrons. The van der Waals surface area contributed by atoms with Gasteiger partial charge in [-0.05, 0) is 42.2 Å². The van der Waals surface area contributed by atoms with Gasteiger partial charge in [0.05, 0.1) is 5.97 Å². The third kappa shape index (κ3) is 3.78. The van der Waals surface area contributed by atoms with Gasteiger partial charge < -0.3 is 19.6 Å². The summed E-state index contributed by atoms with van der Waals surface area (Å²) in [7, 11) is 0. The van der Waals surface area contributed by atoms with Crippen molar-refractivity contribution in [1.29, 1.82) is 5.26 Å². The summed E-state index contributed by atoms with van der Waals surface area (Å²) in [6, 6.07) is 10.9. The summed E-state index contributed by atoms with van der Waals surface area (Å²) in [5.41, 5.74) is 0.281. The van der Waals surface area contributed by atoms with E-state index in [1.807, 2.05) is 12.1 Å². The highest BCUT2D eigenvalue weighted by atomic mass is 16.4. The molecule has 1 aromatic heterocycles. The quantitative estimate of drug-likeness (QED) is 0.666. The van der Waals surface area contributed by atoms with E-state index in [9.17, 15) is 20.0 Å². The fourth-order valence-corrected chi connectivity index (χ4v) is 2.54. The Labute approximate surface area is 144 Å². The molecule has 1 fully saturated rings. The Balaban J connectivity index is 1.71. The highest BCUT2D eigenvalue weighted by Crippen LogP contribution is 2.47. The summed E-state index contributed by atoms with van der Waals surface area (Å²) in [5.74, 6) is 0.451. The van der Waals surface area contributed by atoms with Crippen LogP contribution in [0.3, 0.4) is 0 Å². The topological polar surface area (TPSA) is 106 Å². The molecule has 1 aliphatic rings. The smallest absolute Gasteiger partial charge is 0.266 e. The van der Waals surface area contributed by atoms with Crippen molar-refractivity contribution >= 4 is 23.6 Å². The van der Waals surface area contributed by atoms with Crippen molar-refractivity contribution in [2.24, 2.45) is 5.92 Å². The van der Waals surface area contributed by atoms with E-state index >= 15 is 0 Å². The minimum absolute atomic E-state index is 0.00599. The second kappa shape index (κ2) is 6.65. The predicted octanol–water partition coefficient (Wildman–Crippen LogP) is 2.31. The van der Waals surface area contributed by atoms with Crippen molar-refractivity contribution in [2.75, 3.05) is 5.32 Å². The number of carboxylic acid groups (broad SMARTS) is 1. The first-order valence-corrected chi connectivity index (χ1v) is 7.82. The molecule has 0 aliphatic heterocycles. The molecule has 6 heteroatoms. The fraction of sp³-hybridized carbons (Fsp3) is 0.211. The molecular formula is C19H15N2O4-. The Morgan fingerprint density at radius 2 is 1.96 bits per heavy atom. The Kier molecular flexibility index (Phi) is 4.40. The average Bonchev–Trinajstić information content (AvgIpc) is 3.14. The van der Waals surface area contributed by atoms with Crippen LogP contribution in [-0.2, 0) is 4.79 Å². The normalized spacial score (nSPS) is 19.1. The maximum absolute atomic E-state index is 12.2. The van der Waals surface area contributed by atoms with Gasteiger partial charge in [0.1, 0.15) is 23.2 Å². The van der Waals surface area contributed by atoms with Gasteiger partial charge in [-0.15, -0.1) is 0 Å². The summed E-state index contributed by atoms with van der Waals surface area (Å²) in [4.78, 5) is 22.9. The fourth-order valence-electron chi connectivity index (χ4n) is 2.54. The van der Waals surface area contributed by atoms with Crippen molar-refractivity contribution in [3.05, 3.63) is 59.1 Å². The summed E-state index contributed by atoms with van der Waals surface area (Å²) in [6.07, 6.45) is 2.48. The number of aromatic carboxylic acids is 1. The van der Waals surface area contributed by atoms with Crippen molar-refractivity contribution in [3.8, 4) is 6.07 Å². The van der Waals surface area contributed by atoms with E-state index in [2.05, 4.69) is 12.2 Å². The number of carboxylic acids is 1. The van der Waals surface area contributed by atoms with Gasteiger partial charge in [-0.25, -0.2) is 0 Å². The average molecular weight is 335 g/mol. The van der Waals surface area contributed by atoms with Gasteiger partial charge in [0.15, 0.2) is 0 Å². The summed E-state index contributed by atoms with van der Waals surface area (Å²) in [6.45, 7) is 2.14. The molecule has 6 nitrogen and oxygen atoms in total. The number of hydrogen-bond donors (Lipinski definition) is 1. The van der Waals surface area contributed by atoms with Crippen molar-refractivity contribution in [1.82, 2.24) is 0 Å². The standard InChI is InChI=1S/C19H16N2O4/c1-11-8-16(11)17-7-6-15(25-17)9-13(10-20)18(22)21-14-4-2-12(3-5-14)19(23)24/h2-7,9,11,16H,8H2,1H3,(H,21,22)(H,23,24)/p-1/b13-9+/t11-,16-/m1/s1. The summed E-state index contributed by atoms with van der Waals surface area (Å²) >= 11 is 0. The Bertz CT molecular complexity index is 887. The highest BCUT2D eigenvalue weighted by Gasteiger charge is 2.36. The molecule has 0 unspecified atom stereocenters. The second-order valence-corrected chi connectivity index (χ2v) is 6.05. The monoisotopic (exact) mass is 335 g/mol. The van der Waals surface area contributed by atoms with Crippen molar-refractivity contribution < 1.29 is 19.1 Å². The lowest BCUT2D eigenvalue weighted by atomic mass is 10.2. The molecule has 0 spiro atoms. The van der Waals surface area contributed by atoms with Gasteiger partial charge in [-0.2, -0.15) is 5.26 Å². The molecule has 1 amide bonds. The van der Waals surface area contributed by atoms with Crippen molar-refractivity contribution in [2.45, 2.75) is 19.3 Å². The zero-order valence-corrected chi connectivity index (χ0v) is 13.5. The van der Waals surface area contributed by atoms with E-state index in [0.717, 1.165) is 12.2 Å². The number of anilines is 1. The lowest BCUT2D eigenvalue weighted by molar-refractivity contribution is -0.255. The van der Waals surface area contributed by atoms with Crippen LogP contribution in [0.25, 0.3) is 6.08 Å². The van der Waals surface area contributed by atoms with Crippen LogP contribution in [0.2, 0.25) is 0 Å². The van der Waals surface area contributed by atoms with Gasteiger partial charge in [-0.1, -0.05) is 19.1 Å². The van der Waals surface area contributed by atoms with E-state index in [-0.39, 0.29) is 11.1 Å². The Hall–Kier alpha value is -3.33. The summed E-state index contributed by atoms with van der Waals surface area (Å²) in [5, 5.41) is 22.5. The number of nitrogens with one attached hydrogen (secondary N) is 1. The maximum Gasteiger partial charge on any atom is 0.266 e. The number of carbonyl (C=O) groups excluding carboxylic acids is 2. The van der Waals surface area contributed by atoms with Crippen LogP contribution < -0.4 is 10.4 Å². The molecule has 1 saturated carbocycles. The highest BCUT2D eigenvalue weighted by molar-refractivity contribution is 6.09. The molecule has 1 aliphatic carbocycles. The largest absolute Gasteiger partial charge is 0.545 e. The number of benzene rings is 1. The van der Waals surface area contributed by atoms with Gasteiger partial charge in [0.25, 0.3) is 5.91 Å².